The Kier molecular flexibility index (Phi) is 3.17. The molecule has 0 saturated heterocycles. The molecule has 0 bridgehead atoms. The summed E-state index contributed by atoms with van der Waals surface area (Å²) in [5.74, 6) is -1.64. The number of rotatable bonds is 2. The molecule has 0 spiro atoms. The maximum absolute atomic E-state index is 13.9. The number of nitrogens with one attached hydrogen (secondary N) is 1. The van der Waals surface area contributed by atoms with Gasteiger partial charge in [0.25, 0.3) is 0 Å². The number of benzene rings is 1. The van der Waals surface area contributed by atoms with Crippen molar-refractivity contribution < 1.29 is 13.2 Å². The van der Waals surface area contributed by atoms with E-state index in [9.17, 15) is 8.78 Å². The Morgan fingerprint density at radius 1 is 1.29 bits per heavy atom. The van der Waals surface area contributed by atoms with Crippen LogP contribution in [0.3, 0.4) is 0 Å². The Bertz CT molecular complexity index is 848. The first-order chi connectivity index (χ1) is 9.99. The molecule has 2 heterocycles. The van der Waals surface area contributed by atoms with Gasteiger partial charge in [-0.2, -0.15) is 0 Å². The van der Waals surface area contributed by atoms with Crippen molar-refractivity contribution in [2.75, 3.05) is 11.1 Å². The lowest BCUT2D eigenvalue weighted by atomic mass is 10.2. The molecule has 3 N–H and O–H groups in total. The van der Waals surface area contributed by atoms with Crippen molar-refractivity contribution in [2.24, 2.45) is 0 Å². The van der Waals surface area contributed by atoms with Gasteiger partial charge >= 0.3 is 0 Å². The minimum Gasteiger partial charge on any atom is -0.437 e. The van der Waals surface area contributed by atoms with E-state index in [-0.39, 0.29) is 11.6 Å². The third-order valence-corrected chi connectivity index (χ3v) is 3.45. The smallest absolute Gasteiger partial charge is 0.215 e. The van der Waals surface area contributed by atoms with Crippen LogP contribution in [0.4, 0.5) is 26.0 Å². The number of furan rings is 1. The molecule has 0 saturated carbocycles. The molecule has 0 aliphatic rings. The molecule has 0 atom stereocenters. The van der Waals surface area contributed by atoms with Crippen LogP contribution in [0.15, 0.2) is 28.8 Å². The summed E-state index contributed by atoms with van der Waals surface area (Å²) >= 11 is 5.55. The summed E-state index contributed by atoms with van der Waals surface area (Å²) in [5, 5.41) is 2.86. The number of halogens is 3. The second-order valence-corrected chi connectivity index (χ2v) is 4.84. The van der Waals surface area contributed by atoms with Gasteiger partial charge in [0.1, 0.15) is 16.5 Å². The van der Waals surface area contributed by atoms with Crippen LogP contribution >= 0.6 is 11.6 Å². The maximum atomic E-state index is 13.9. The van der Waals surface area contributed by atoms with Gasteiger partial charge in [-0.05, 0) is 25.1 Å². The summed E-state index contributed by atoms with van der Waals surface area (Å²) in [5.41, 5.74) is 7.36. The zero-order valence-electron chi connectivity index (χ0n) is 10.9. The van der Waals surface area contributed by atoms with Gasteiger partial charge in [-0.3, -0.25) is 4.98 Å². The molecule has 0 aliphatic heterocycles. The lowest BCUT2D eigenvalue weighted by Gasteiger charge is -2.08. The third kappa shape index (κ3) is 2.17. The number of nitrogen functional groups attached to an aromatic ring is 1. The fraction of sp³-hybridized carbons (Fsp3) is 0.0714. The summed E-state index contributed by atoms with van der Waals surface area (Å²) < 4.78 is 32.5. The van der Waals surface area contributed by atoms with Crippen LogP contribution in [0.25, 0.3) is 11.0 Å². The van der Waals surface area contributed by atoms with Crippen molar-refractivity contribution in [1.29, 1.82) is 0 Å². The van der Waals surface area contributed by atoms with Gasteiger partial charge in [0.15, 0.2) is 11.4 Å². The van der Waals surface area contributed by atoms with Gasteiger partial charge in [-0.1, -0.05) is 11.6 Å². The van der Waals surface area contributed by atoms with Gasteiger partial charge in [0.05, 0.1) is 11.4 Å². The average Bonchev–Trinajstić information content (AvgIpc) is 2.78. The Labute approximate surface area is 123 Å². The molecule has 0 unspecified atom stereocenters. The van der Waals surface area contributed by atoms with Gasteiger partial charge in [-0.25, -0.2) is 8.78 Å². The Hall–Kier alpha value is -2.34. The van der Waals surface area contributed by atoms with Crippen LogP contribution in [0, 0.1) is 18.6 Å². The van der Waals surface area contributed by atoms with Crippen LogP contribution in [0.2, 0.25) is 5.02 Å². The van der Waals surface area contributed by atoms with Crippen molar-refractivity contribution in [3.05, 3.63) is 46.7 Å². The van der Waals surface area contributed by atoms with E-state index in [2.05, 4.69) is 10.3 Å². The zero-order valence-corrected chi connectivity index (χ0v) is 11.6. The number of anilines is 3. The highest BCUT2D eigenvalue weighted by Crippen LogP contribution is 2.37. The van der Waals surface area contributed by atoms with E-state index in [4.69, 9.17) is 21.8 Å². The number of hydrogen-bond donors (Lipinski definition) is 2. The van der Waals surface area contributed by atoms with Crippen LogP contribution in [0.5, 0.6) is 0 Å². The summed E-state index contributed by atoms with van der Waals surface area (Å²) in [6, 6.07) is 4.00. The van der Waals surface area contributed by atoms with Crippen LogP contribution in [0.1, 0.15) is 5.69 Å². The first kappa shape index (κ1) is 13.6. The number of aromatic nitrogens is 1. The summed E-state index contributed by atoms with van der Waals surface area (Å²) in [6.07, 6.45) is 1.59. The number of nitrogens with two attached hydrogens (primary N) is 1. The summed E-state index contributed by atoms with van der Waals surface area (Å²) in [4.78, 5) is 4.09. The molecular weight excluding hydrogens is 300 g/mol. The number of fused-ring (bicyclic) bond motifs is 1. The molecule has 0 fully saturated rings. The monoisotopic (exact) mass is 309 g/mol. The van der Waals surface area contributed by atoms with E-state index in [1.165, 1.54) is 6.07 Å². The van der Waals surface area contributed by atoms with Gasteiger partial charge in [0, 0.05) is 11.6 Å². The fourth-order valence-electron chi connectivity index (χ4n) is 2.06. The molecule has 108 valence electrons. The van der Waals surface area contributed by atoms with Crippen molar-refractivity contribution in [2.45, 2.75) is 6.92 Å². The van der Waals surface area contributed by atoms with Gasteiger partial charge in [-0.15, -0.1) is 0 Å². The zero-order chi connectivity index (χ0) is 15.1. The minimum atomic E-state index is -0.892. The summed E-state index contributed by atoms with van der Waals surface area (Å²) in [6.45, 7) is 1.77. The molecule has 0 amide bonds. The molecule has 0 radical (unpaired) electrons. The molecule has 2 aromatic heterocycles. The predicted octanol–water partition coefficient (Wildman–Crippen LogP) is 4.39. The number of nitrogens with zero attached hydrogens (tertiary/aromatic N) is 1. The van der Waals surface area contributed by atoms with E-state index in [1.54, 1.807) is 19.2 Å². The molecule has 3 aromatic rings. The lowest BCUT2D eigenvalue weighted by Crippen LogP contribution is -1.98. The number of hydrogen-bond acceptors (Lipinski definition) is 4. The SMILES string of the molecule is Cc1nccc2c(Nc3ccc(F)c(Cl)c3F)c(N)oc12. The number of pyridine rings is 1. The minimum absolute atomic E-state index is 0.00488. The van der Waals surface area contributed by atoms with Crippen molar-refractivity contribution in [3.8, 4) is 0 Å². The van der Waals surface area contributed by atoms with Crippen molar-refractivity contribution in [1.82, 2.24) is 4.98 Å². The molecule has 3 rings (SSSR count). The lowest BCUT2D eigenvalue weighted by molar-refractivity contribution is 0.587. The fourth-order valence-corrected chi connectivity index (χ4v) is 2.22. The first-order valence-electron chi connectivity index (χ1n) is 6.03. The predicted molar refractivity (Wildman–Crippen MR) is 77.8 cm³/mol. The van der Waals surface area contributed by atoms with E-state index < -0.39 is 16.7 Å². The second-order valence-electron chi connectivity index (χ2n) is 4.46. The molecule has 1 aromatic carbocycles. The average molecular weight is 310 g/mol. The van der Waals surface area contributed by atoms with Crippen molar-refractivity contribution in [3.63, 3.8) is 0 Å². The second kappa shape index (κ2) is 4.89. The maximum Gasteiger partial charge on any atom is 0.215 e. The standard InChI is InChI=1S/C14H10ClF2N3O/c1-6-13-7(4-5-19-6)12(14(18)21-13)20-9-3-2-8(16)10(15)11(9)17/h2-5,20H,18H2,1H3. The molecule has 0 aliphatic carbocycles. The van der Waals surface area contributed by atoms with Crippen LogP contribution in [-0.2, 0) is 0 Å². The Balaban J connectivity index is 2.13. The van der Waals surface area contributed by atoms with Gasteiger partial charge < -0.3 is 15.5 Å². The number of aryl methyl sites for hydroxylation is 1. The Morgan fingerprint density at radius 3 is 2.81 bits per heavy atom. The normalized spacial score (nSPS) is 11.0. The molecular formula is C14H10ClF2N3O. The molecule has 7 heteroatoms. The van der Waals surface area contributed by atoms with E-state index in [1.807, 2.05) is 0 Å². The Morgan fingerprint density at radius 2 is 2.05 bits per heavy atom. The van der Waals surface area contributed by atoms with Crippen LogP contribution in [-0.4, -0.2) is 4.98 Å². The molecule has 21 heavy (non-hydrogen) atoms. The van der Waals surface area contributed by atoms with Crippen molar-refractivity contribution >= 4 is 39.8 Å². The van der Waals surface area contributed by atoms with E-state index in [0.29, 0.717) is 22.4 Å². The largest absolute Gasteiger partial charge is 0.437 e. The topological polar surface area (TPSA) is 64.1 Å². The van der Waals surface area contributed by atoms with Gasteiger partial charge in [0.2, 0.25) is 5.88 Å². The van der Waals surface area contributed by atoms with E-state index in [0.717, 1.165) is 6.07 Å². The molecule has 4 nitrogen and oxygen atoms in total. The quantitative estimate of drug-likeness (QED) is 0.689. The highest BCUT2D eigenvalue weighted by atomic mass is 35.5. The highest BCUT2D eigenvalue weighted by Gasteiger charge is 2.17. The van der Waals surface area contributed by atoms with E-state index >= 15 is 0 Å². The first-order valence-corrected chi connectivity index (χ1v) is 6.41. The summed E-state index contributed by atoms with van der Waals surface area (Å²) in [7, 11) is 0. The van der Waals surface area contributed by atoms with Crippen LogP contribution < -0.4 is 11.1 Å². The third-order valence-electron chi connectivity index (χ3n) is 3.11. The highest BCUT2D eigenvalue weighted by molar-refractivity contribution is 6.31.